The summed E-state index contributed by atoms with van der Waals surface area (Å²) in [5.74, 6) is -0.736. The third kappa shape index (κ3) is 8.01. The maximum Gasteiger partial charge on any atom is 0.317 e. The minimum Gasteiger partial charge on any atom is -0.480 e. The predicted octanol–water partition coefficient (Wildman–Crippen LogP) is 0.735. The van der Waals surface area contributed by atoms with E-state index in [1.165, 1.54) is 0 Å². The Balaban J connectivity index is 3.78. The van der Waals surface area contributed by atoms with Crippen molar-refractivity contribution in [3.05, 3.63) is 0 Å². The van der Waals surface area contributed by atoms with E-state index in [1.807, 2.05) is 19.0 Å². The molecular formula is C10H22N2O2. The van der Waals surface area contributed by atoms with Gasteiger partial charge in [-0.15, -0.1) is 0 Å². The minimum atomic E-state index is -0.736. The summed E-state index contributed by atoms with van der Waals surface area (Å²) >= 11 is 0. The van der Waals surface area contributed by atoms with Gasteiger partial charge in [-0.1, -0.05) is 13.3 Å². The van der Waals surface area contributed by atoms with Crippen molar-refractivity contribution in [2.75, 3.05) is 40.3 Å². The summed E-state index contributed by atoms with van der Waals surface area (Å²) in [5.41, 5.74) is 0. The SMILES string of the molecule is CCCCN(CCN(C)C)CC(=O)O. The van der Waals surface area contributed by atoms with E-state index < -0.39 is 5.97 Å². The van der Waals surface area contributed by atoms with Crippen molar-refractivity contribution in [1.82, 2.24) is 9.80 Å². The third-order valence-corrected chi connectivity index (χ3v) is 2.05. The lowest BCUT2D eigenvalue weighted by Crippen LogP contribution is -2.36. The molecule has 0 saturated carbocycles. The summed E-state index contributed by atoms with van der Waals surface area (Å²) in [4.78, 5) is 14.6. The molecule has 0 aliphatic rings. The fourth-order valence-electron chi connectivity index (χ4n) is 1.18. The van der Waals surface area contributed by atoms with E-state index in [9.17, 15) is 4.79 Å². The van der Waals surface area contributed by atoms with Crippen molar-refractivity contribution in [1.29, 1.82) is 0 Å². The van der Waals surface area contributed by atoms with Gasteiger partial charge in [0, 0.05) is 13.1 Å². The van der Waals surface area contributed by atoms with Gasteiger partial charge >= 0.3 is 5.97 Å². The van der Waals surface area contributed by atoms with Crippen LogP contribution in [-0.4, -0.2) is 61.2 Å². The second-order valence-corrected chi connectivity index (χ2v) is 3.83. The van der Waals surface area contributed by atoms with Gasteiger partial charge in [0.05, 0.1) is 6.54 Å². The Labute approximate surface area is 86.5 Å². The predicted molar refractivity (Wildman–Crippen MR) is 57.5 cm³/mol. The van der Waals surface area contributed by atoms with Crippen LogP contribution in [0.3, 0.4) is 0 Å². The van der Waals surface area contributed by atoms with Crippen LogP contribution in [0.25, 0.3) is 0 Å². The molecule has 0 radical (unpaired) electrons. The number of aliphatic carboxylic acids is 1. The number of carboxylic acid groups (broad SMARTS) is 1. The Morgan fingerprint density at radius 1 is 1.21 bits per heavy atom. The maximum absolute atomic E-state index is 10.6. The molecule has 0 saturated heterocycles. The number of carboxylic acids is 1. The van der Waals surface area contributed by atoms with E-state index in [4.69, 9.17) is 5.11 Å². The van der Waals surface area contributed by atoms with Crippen LogP contribution in [0.5, 0.6) is 0 Å². The summed E-state index contributed by atoms with van der Waals surface area (Å²) in [6.45, 7) is 4.91. The first kappa shape index (κ1) is 13.4. The highest BCUT2D eigenvalue weighted by Gasteiger charge is 2.08. The van der Waals surface area contributed by atoms with Gasteiger partial charge in [0.2, 0.25) is 0 Å². The lowest BCUT2D eigenvalue weighted by atomic mass is 10.3. The smallest absolute Gasteiger partial charge is 0.317 e. The molecule has 0 spiro atoms. The molecular weight excluding hydrogens is 180 g/mol. The zero-order chi connectivity index (χ0) is 11.0. The van der Waals surface area contributed by atoms with Gasteiger partial charge in [0.15, 0.2) is 0 Å². The van der Waals surface area contributed by atoms with E-state index in [-0.39, 0.29) is 6.54 Å². The van der Waals surface area contributed by atoms with Gasteiger partial charge in [-0.25, -0.2) is 0 Å². The molecule has 84 valence electrons. The highest BCUT2D eigenvalue weighted by Crippen LogP contribution is 1.95. The van der Waals surface area contributed by atoms with Crippen LogP contribution in [0.2, 0.25) is 0 Å². The Bertz CT molecular complexity index is 160. The summed E-state index contributed by atoms with van der Waals surface area (Å²) in [6, 6.07) is 0. The summed E-state index contributed by atoms with van der Waals surface area (Å²) in [5, 5.41) is 8.69. The van der Waals surface area contributed by atoms with Crippen LogP contribution in [0.15, 0.2) is 0 Å². The zero-order valence-electron chi connectivity index (χ0n) is 9.49. The Kier molecular flexibility index (Phi) is 7.42. The lowest BCUT2D eigenvalue weighted by molar-refractivity contribution is -0.138. The van der Waals surface area contributed by atoms with Crippen molar-refractivity contribution >= 4 is 5.97 Å². The number of likely N-dealkylation sites (N-methyl/N-ethyl adjacent to an activating group) is 1. The summed E-state index contributed by atoms with van der Waals surface area (Å²) < 4.78 is 0. The molecule has 0 aliphatic heterocycles. The fraction of sp³-hybridized carbons (Fsp3) is 0.900. The molecule has 4 heteroatoms. The van der Waals surface area contributed by atoms with Crippen molar-refractivity contribution < 1.29 is 9.90 Å². The van der Waals surface area contributed by atoms with Crippen LogP contribution in [0.1, 0.15) is 19.8 Å². The molecule has 0 heterocycles. The zero-order valence-corrected chi connectivity index (χ0v) is 9.49. The number of unbranched alkanes of at least 4 members (excludes halogenated alkanes) is 1. The Morgan fingerprint density at radius 2 is 1.86 bits per heavy atom. The molecule has 0 unspecified atom stereocenters. The molecule has 0 fully saturated rings. The topological polar surface area (TPSA) is 43.8 Å². The van der Waals surface area contributed by atoms with Crippen molar-refractivity contribution in [3.8, 4) is 0 Å². The monoisotopic (exact) mass is 202 g/mol. The standard InChI is InChI=1S/C10H22N2O2/c1-4-5-6-12(9-10(13)14)8-7-11(2)3/h4-9H2,1-3H3,(H,13,14). The summed E-state index contributed by atoms with van der Waals surface area (Å²) in [6.07, 6.45) is 2.18. The quantitative estimate of drug-likeness (QED) is 0.630. The van der Waals surface area contributed by atoms with Crippen molar-refractivity contribution in [2.24, 2.45) is 0 Å². The molecule has 0 rings (SSSR count). The first-order chi connectivity index (χ1) is 6.56. The third-order valence-electron chi connectivity index (χ3n) is 2.05. The fourth-order valence-corrected chi connectivity index (χ4v) is 1.18. The van der Waals surface area contributed by atoms with Crippen LogP contribution in [0, 0.1) is 0 Å². The van der Waals surface area contributed by atoms with Crippen molar-refractivity contribution in [3.63, 3.8) is 0 Å². The molecule has 14 heavy (non-hydrogen) atoms. The van der Waals surface area contributed by atoms with Gasteiger partial charge in [0.1, 0.15) is 0 Å². The number of nitrogens with zero attached hydrogens (tertiary/aromatic N) is 2. The number of rotatable bonds is 8. The minimum absolute atomic E-state index is 0.161. The van der Waals surface area contributed by atoms with Gasteiger partial charge < -0.3 is 10.0 Å². The molecule has 0 atom stereocenters. The largest absolute Gasteiger partial charge is 0.480 e. The molecule has 0 aromatic rings. The average Bonchev–Trinajstić information content (AvgIpc) is 2.09. The van der Waals surface area contributed by atoms with E-state index in [0.29, 0.717) is 0 Å². The van der Waals surface area contributed by atoms with Crippen LogP contribution in [-0.2, 0) is 4.79 Å². The van der Waals surface area contributed by atoms with Gasteiger partial charge in [-0.05, 0) is 27.1 Å². The second-order valence-electron chi connectivity index (χ2n) is 3.83. The molecule has 1 N–H and O–H groups in total. The lowest BCUT2D eigenvalue weighted by Gasteiger charge is -2.21. The first-order valence-corrected chi connectivity index (χ1v) is 5.15. The number of hydrogen-bond donors (Lipinski definition) is 1. The highest BCUT2D eigenvalue weighted by atomic mass is 16.4. The average molecular weight is 202 g/mol. The van der Waals surface area contributed by atoms with E-state index >= 15 is 0 Å². The Hall–Kier alpha value is -0.610. The van der Waals surface area contributed by atoms with Gasteiger partial charge in [-0.2, -0.15) is 0 Å². The Morgan fingerprint density at radius 3 is 2.29 bits per heavy atom. The van der Waals surface area contributed by atoms with Crippen LogP contribution >= 0.6 is 0 Å². The number of hydrogen-bond acceptors (Lipinski definition) is 3. The molecule has 4 nitrogen and oxygen atoms in total. The molecule has 0 aliphatic carbocycles. The van der Waals surface area contributed by atoms with Crippen LogP contribution in [0.4, 0.5) is 0 Å². The number of carbonyl (C=O) groups is 1. The molecule has 0 bridgehead atoms. The van der Waals surface area contributed by atoms with E-state index in [2.05, 4.69) is 11.8 Å². The normalized spacial score (nSPS) is 11.2. The summed E-state index contributed by atoms with van der Waals surface area (Å²) in [7, 11) is 4.00. The highest BCUT2D eigenvalue weighted by molar-refractivity contribution is 5.69. The van der Waals surface area contributed by atoms with Crippen LogP contribution < -0.4 is 0 Å². The van der Waals surface area contributed by atoms with Gasteiger partial charge in [0.25, 0.3) is 0 Å². The van der Waals surface area contributed by atoms with E-state index in [1.54, 1.807) is 0 Å². The molecule has 0 amide bonds. The molecule has 0 aromatic heterocycles. The molecule has 0 aromatic carbocycles. The van der Waals surface area contributed by atoms with Crippen molar-refractivity contribution in [2.45, 2.75) is 19.8 Å². The maximum atomic E-state index is 10.6. The second kappa shape index (κ2) is 7.76. The van der Waals surface area contributed by atoms with Gasteiger partial charge in [-0.3, -0.25) is 9.69 Å². The first-order valence-electron chi connectivity index (χ1n) is 5.15. The van der Waals surface area contributed by atoms with E-state index in [0.717, 1.165) is 32.5 Å².